The topological polar surface area (TPSA) is 110 Å². The van der Waals surface area contributed by atoms with Gasteiger partial charge in [-0.3, -0.25) is 14.4 Å². The van der Waals surface area contributed by atoms with Crippen LogP contribution in [0.5, 0.6) is 0 Å². The summed E-state index contributed by atoms with van der Waals surface area (Å²) in [7, 11) is 2.57. The number of carboxylic acids is 1. The summed E-state index contributed by atoms with van der Waals surface area (Å²) in [5.41, 5.74) is 0. The number of hydrogen-bond acceptors (Lipinski definition) is 6. The van der Waals surface area contributed by atoms with E-state index in [9.17, 15) is 19.5 Å². The molecule has 0 rings (SSSR count). The first-order valence-corrected chi connectivity index (χ1v) is 12.0. The molecule has 0 bridgehead atoms. The molecule has 0 saturated carbocycles. The molecule has 2 N–H and O–H groups in total. The lowest BCUT2D eigenvalue weighted by Crippen LogP contribution is -2.17. The summed E-state index contributed by atoms with van der Waals surface area (Å²) >= 11 is 0. The summed E-state index contributed by atoms with van der Waals surface area (Å²) in [5.74, 6) is -1.91. The molecule has 7 nitrogen and oxygen atoms in total. The fourth-order valence-electron chi connectivity index (χ4n) is 2.98. The van der Waals surface area contributed by atoms with E-state index in [2.05, 4.69) is 28.5 Å². The van der Waals surface area contributed by atoms with Gasteiger partial charge in [-0.05, 0) is 32.1 Å². The van der Waals surface area contributed by atoms with E-state index in [1.165, 1.54) is 39.9 Å². The van der Waals surface area contributed by atoms with Crippen LogP contribution in [0.3, 0.4) is 0 Å². The second-order valence-electron chi connectivity index (χ2n) is 8.11. The molecule has 0 saturated heterocycles. The second-order valence-corrected chi connectivity index (χ2v) is 8.11. The van der Waals surface area contributed by atoms with Crippen LogP contribution in [-0.4, -0.2) is 48.4 Å². The molecule has 0 aromatic heterocycles. The van der Waals surface area contributed by atoms with E-state index < -0.39 is 23.8 Å². The predicted molar refractivity (Wildman–Crippen MR) is 126 cm³/mol. The predicted octanol–water partition coefficient (Wildman–Crippen LogP) is 5.44. The molecule has 0 amide bonds. The number of ether oxygens (including phenoxy) is 2. The molecule has 0 spiro atoms. The monoisotopic (exact) mass is 458 g/mol. The van der Waals surface area contributed by atoms with Crippen LogP contribution in [0, 0.1) is 5.92 Å². The number of rotatable bonds is 18. The maximum Gasteiger partial charge on any atom is 0.308 e. The van der Waals surface area contributed by atoms with Gasteiger partial charge in [-0.2, -0.15) is 0 Å². The molecule has 0 fully saturated rings. The van der Waals surface area contributed by atoms with Crippen LogP contribution in [0.2, 0.25) is 0 Å². The third-order valence-corrected chi connectivity index (χ3v) is 5.03. The summed E-state index contributed by atoms with van der Waals surface area (Å²) < 4.78 is 8.78. The number of allylic oxidation sites excluding steroid dienone is 1. The number of methoxy groups -OCH3 is 2. The lowest BCUT2D eigenvalue weighted by atomic mass is 10.1. The molecule has 0 aliphatic heterocycles. The maximum absolute atomic E-state index is 10.7. The minimum atomic E-state index is -0.689. The Morgan fingerprint density at radius 3 is 2.09 bits per heavy atom. The molecule has 0 aliphatic carbocycles. The van der Waals surface area contributed by atoms with Crippen molar-refractivity contribution in [1.82, 2.24) is 0 Å². The van der Waals surface area contributed by atoms with Crippen molar-refractivity contribution in [3.8, 4) is 0 Å². The zero-order valence-electron chi connectivity index (χ0n) is 20.6. The smallest absolute Gasteiger partial charge is 0.308 e. The summed E-state index contributed by atoms with van der Waals surface area (Å²) in [6.45, 7) is 3.81. The number of aliphatic carboxylic acids is 1. The first kappa shape index (κ1) is 32.3. The number of aliphatic hydroxyl groups excluding tert-OH is 1. The lowest BCUT2D eigenvalue weighted by Gasteiger charge is -2.07. The van der Waals surface area contributed by atoms with Crippen LogP contribution in [0.4, 0.5) is 0 Å². The number of aliphatic hydroxyl groups is 1. The van der Waals surface area contributed by atoms with Gasteiger partial charge in [0.05, 0.1) is 32.7 Å². The molecule has 188 valence electrons. The van der Waals surface area contributed by atoms with Gasteiger partial charge in [0.25, 0.3) is 0 Å². The fraction of sp³-hybridized carbons (Fsp3) is 0.800. The number of carbonyl (C=O) groups excluding carboxylic acids is 2. The van der Waals surface area contributed by atoms with Crippen molar-refractivity contribution in [2.24, 2.45) is 5.92 Å². The van der Waals surface area contributed by atoms with Crippen LogP contribution in [-0.2, 0) is 23.9 Å². The summed E-state index contributed by atoms with van der Waals surface area (Å²) in [5, 5.41) is 18.3. The van der Waals surface area contributed by atoms with Crippen molar-refractivity contribution in [1.29, 1.82) is 0 Å². The van der Waals surface area contributed by atoms with Gasteiger partial charge in [0, 0.05) is 6.42 Å². The second kappa shape index (κ2) is 23.8. The minimum absolute atomic E-state index is 0.0726. The Morgan fingerprint density at radius 1 is 0.875 bits per heavy atom. The molecule has 2 atom stereocenters. The Balaban J connectivity index is 0. The molecule has 0 aromatic carbocycles. The highest BCUT2D eigenvalue weighted by Gasteiger charge is 2.17. The first-order valence-electron chi connectivity index (χ1n) is 12.0. The minimum Gasteiger partial charge on any atom is -0.481 e. The molecule has 32 heavy (non-hydrogen) atoms. The summed E-state index contributed by atoms with van der Waals surface area (Å²) in [4.78, 5) is 31.7. The van der Waals surface area contributed by atoms with E-state index >= 15 is 0 Å². The zero-order valence-corrected chi connectivity index (χ0v) is 20.6. The molecule has 1 unspecified atom stereocenters. The van der Waals surface area contributed by atoms with E-state index in [1.807, 2.05) is 0 Å². The Hall–Kier alpha value is -1.89. The standard InChI is InChI=1S/C18H34O3.C7H12O4/c1-2-3-4-11-14-17(19)15-12-9-7-5-6-8-10-13-16-18(20)21;1-5(7(9)11-3)4-6(8)10-2/h9,12,17,19H,2-8,10-11,13-16H2,1H3,(H,20,21);5H,4H2,1-3H3/b12-9-;/t17-;/m1./s1. The van der Waals surface area contributed by atoms with Crippen LogP contribution < -0.4 is 0 Å². The molecular formula is C25H46O7. The van der Waals surface area contributed by atoms with Gasteiger partial charge < -0.3 is 19.7 Å². The van der Waals surface area contributed by atoms with Crippen molar-refractivity contribution in [3.63, 3.8) is 0 Å². The molecule has 0 heterocycles. The Morgan fingerprint density at radius 2 is 1.50 bits per heavy atom. The largest absolute Gasteiger partial charge is 0.481 e. The van der Waals surface area contributed by atoms with Crippen LogP contribution in [0.1, 0.15) is 104 Å². The van der Waals surface area contributed by atoms with Crippen LogP contribution >= 0.6 is 0 Å². The van der Waals surface area contributed by atoms with E-state index in [1.54, 1.807) is 6.92 Å². The van der Waals surface area contributed by atoms with Gasteiger partial charge in [0.1, 0.15) is 0 Å². The number of unbranched alkanes of at least 4 members (excludes halogenated alkanes) is 8. The average Bonchev–Trinajstić information content (AvgIpc) is 2.77. The number of hydrogen-bond donors (Lipinski definition) is 2. The SMILES string of the molecule is CCCCCC[C@@H](O)C/C=C\CCCCCCCC(=O)O.COC(=O)CC(C)C(=O)OC. The van der Waals surface area contributed by atoms with Gasteiger partial charge in [0.15, 0.2) is 0 Å². The normalized spacial score (nSPS) is 12.5. The summed E-state index contributed by atoms with van der Waals surface area (Å²) in [6, 6.07) is 0. The van der Waals surface area contributed by atoms with Gasteiger partial charge in [-0.25, -0.2) is 0 Å². The third kappa shape index (κ3) is 24.4. The zero-order chi connectivity index (χ0) is 24.6. The van der Waals surface area contributed by atoms with Crippen molar-refractivity contribution in [3.05, 3.63) is 12.2 Å². The van der Waals surface area contributed by atoms with Crippen molar-refractivity contribution >= 4 is 17.9 Å². The van der Waals surface area contributed by atoms with Gasteiger partial charge in [-0.15, -0.1) is 0 Å². The first-order chi connectivity index (χ1) is 15.3. The van der Waals surface area contributed by atoms with Gasteiger partial charge >= 0.3 is 17.9 Å². The van der Waals surface area contributed by atoms with Gasteiger partial charge in [0.2, 0.25) is 0 Å². The van der Waals surface area contributed by atoms with Crippen LogP contribution in [0.15, 0.2) is 12.2 Å². The highest BCUT2D eigenvalue weighted by atomic mass is 16.5. The Labute approximate surface area is 194 Å². The van der Waals surface area contributed by atoms with Crippen LogP contribution in [0.25, 0.3) is 0 Å². The molecule has 0 aliphatic rings. The number of carbonyl (C=O) groups is 3. The third-order valence-electron chi connectivity index (χ3n) is 5.03. The molecule has 0 aromatic rings. The van der Waals surface area contributed by atoms with E-state index in [-0.39, 0.29) is 12.5 Å². The average molecular weight is 459 g/mol. The summed E-state index contributed by atoms with van der Waals surface area (Å²) in [6.07, 6.45) is 17.4. The van der Waals surface area contributed by atoms with Crippen molar-refractivity contribution in [2.75, 3.05) is 14.2 Å². The Bertz CT molecular complexity index is 503. The molecule has 0 radical (unpaired) electrons. The molecular weight excluding hydrogens is 412 g/mol. The van der Waals surface area contributed by atoms with E-state index in [4.69, 9.17) is 5.11 Å². The number of carboxylic acid groups (broad SMARTS) is 1. The lowest BCUT2D eigenvalue weighted by molar-refractivity contribution is -0.151. The van der Waals surface area contributed by atoms with Gasteiger partial charge in [-0.1, -0.05) is 70.9 Å². The maximum atomic E-state index is 10.7. The van der Waals surface area contributed by atoms with Crippen molar-refractivity contribution in [2.45, 2.75) is 110 Å². The van der Waals surface area contributed by atoms with E-state index in [0.29, 0.717) is 6.42 Å². The van der Waals surface area contributed by atoms with E-state index in [0.717, 1.165) is 51.4 Å². The quantitative estimate of drug-likeness (QED) is 0.160. The Kier molecular flexibility index (Phi) is 24.0. The van der Waals surface area contributed by atoms with Crippen molar-refractivity contribution < 1.29 is 34.1 Å². The highest BCUT2D eigenvalue weighted by molar-refractivity contribution is 5.79. The number of esters is 2. The fourth-order valence-corrected chi connectivity index (χ4v) is 2.98. The highest BCUT2D eigenvalue weighted by Crippen LogP contribution is 2.10. The molecule has 7 heteroatoms.